The summed E-state index contributed by atoms with van der Waals surface area (Å²) in [5, 5.41) is 5.66. The number of nitrogens with zero attached hydrogens (tertiary/aromatic N) is 2. The first-order valence-electron chi connectivity index (χ1n) is 9.85. The molecule has 2 aromatic rings. The smallest absolute Gasteiger partial charge is 0.339 e. The monoisotopic (exact) mass is 398 g/mol. The molecule has 2 heterocycles. The number of amides is 2. The number of imidazole rings is 1. The van der Waals surface area contributed by atoms with Gasteiger partial charge in [0.1, 0.15) is 5.69 Å². The number of aromatic nitrogens is 2. The Labute approximate surface area is 169 Å². The highest BCUT2D eigenvalue weighted by atomic mass is 16.5. The minimum atomic E-state index is -0.542. The molecule has 0 aliphatic carbocycles. The minimum Gasteiger partial charge on any atom is -0.465 e. The zero-order valence-electron chi connectivity index (χ0n) is 16.9. The lowest BCUT2D eigenvalue weighted by Crippen LogP contribution is -2.33. The fourth-order valence-electron chi connectivity index (χ4n) is 3.35. The molecule has 0 bridgehead atoms. The van der Waals surface area contributed by atoms with Crippen LogP contribution in [0.5, 0.6) is 0 Å². The Kier molecular flexibility index (Phi) is 6.31. The number of para-hydroxylation sites is 1. The SMILES string of the molecule is CCC(C)NC(=O)c1nc(C(=O)Nc2ccccc2C(=O)OC)n2c1CCCC2. The lowest BCUT2D eigenvalue weighted by Gasteiger charge is -2.17. The Balaban J connectivity index is 1.92. The van der Waals surface area contributed by atoms with Gasteiger partial charge in [0.2, 0.25) is 0 Å². The average molecular weight is 398 g/mol. The van der Waals surface area contributed by atoms with E-state index in [0.29, 0.717) is 24.3 Å². The molecule has 2 amide bonds. The standard InChI is InChI=1S/C21H26N4O4/c1-4-13(2)22-19(26)17-16-11-7-8-12-25(16)18(24-17)20(27)23-15-10-6-5-9-14(15)21(28)29-3/h5-6,9-10,13H,4,7-8,11-12H2,1-3H3,(H,22,26)(H,23,27). The molecule has 2 N–H and O–H groups in total. The van der Waals surface area contributed by atoms with Gasteiger partial charge in [-0.15, -0.1) is 0 Å². The van der Waals surface area contributed by atoms with Gasteiger partial charge in [-0.1, -0.05) is 19.1 Å². The third-order valence-electron chi connectivity index (χ3n) is 5.11. The van der Waals surface area contributed by atoms with Crippen LogP contribution in [0, 0.1) is 0 Å². The molecule has 8 heteroatoms. The highest BCUT2D eigenvalue weighted by molar-refractivity contribution is 6.07. The molecular weight excluding hydrogens is 372 g/mol. The normalized spacial score (nSPS) is 13.9. The Morgan fingerprint density at radius 1 is 1.21 bits per heavy atom. The Morgan fingerprint density at radius 2 is 1.97 bits per heavy atom. The van der Waals surface area contributed by atoms with Crippen LogP contribution in [0.25, 0.3) is 0 Å². The molecule has 154 valence electrons. The largest absolute Gasteiger partial charge is 0.465 e. The van der Waals surface area contributed by atoms with Crippen LogP contribution in [0.1, 0.15) is 70.3 Å². The topological polar surface area (TPSA) is 102 Å². The number of carbonyl (C=O) groups excluding carboxylic acids is 3. The molecule has 3 rings (SSSR count). The first-order valence-corrected chi connectivity index (χ1v) is 9.85. The molecule has 1 aliphatic heterocycles. The maximum absolute atomic E-state index is 13.0. The molecule has 0 saturated heterocycles. The second-order valence-corrected chi connectivity index (χ2v) is 7.11. The highest BCUT2D eigenvalue weighted by Gasteiger charge is 2.28. The number of fused-ring (bicyclic) bond motifs is 1. The number of esters is 1. The minimum absolute atomic E-state index is 0.0210. The number of hydrogen-bond acceptors (Lipinski definition) is 5. The third kappa shape index (κ3) is 4.31. The van der Waals surface area contributed by atoms with Gasteiger partial charge in [-0.2, -0.15) is 0 Å². The summed E-state index contributed by atoms with van der Waals surface area (Å²) in [6.07, 6.45) is 3.36. The fourth-order valence-corrected chi connectivity index (χ4v) is 3.35. The summed E-state index contributed by atoms with van der Waals surface area (Å²) in [7, 11) is 1.29. The number of hydrogen-bond donors (Lipinski definition) is 2. The molecule has 0 spiro atoms. The predicted octanol–water partition coefficient (Wildman–Crippen LogP) is 2.79. The van der Waals surface area contributed by atoms with Crippen LogP contribution in [-0.2, 0) is 17.7 Å². The zero-order chi connectivity index (χ0) is 21.0. The van der Waals surface area contributed by atoms with Crippen molar-refractivity contribution in [1.82, 2.24) is 14.9 Å². The zero-order valence-corrected chi connectivity index (χ0v) is 16.9. The van der Waals surface area contributed by atoms with E-state index in [9.17, 15) is 14.4 Å². The molecule has 29 heavy (non-hydrogen) atoms. The van der Waals surface area contributed by atoms with Gasteiger partial charge in [-0.3, -0.25) is 9.59 Å². The van der Waals surface area contributed by atoms with E-state index in [-0.39, 0.29) is 23.3 Å². The van der Waals surface area contributed by atoms with Crippen molar-refractivity contribution in [3.63, 3.8) is 0 Å². The van der Waals surface area contributed by atoms with Crippen molar-refractivity contribution < 1.29 is 19.1 Å². The van der Waals surface area contributed by atoms with Crippen molar-refractivity contribution in [2.45, 2.75) is 52.1 Å². The highest BCUT2D eigenvalue weighted by Crippen LogP contribution is 2.23. The second-order valence-electron chi connectivity index (χ2n) is 7.11. The summed E-state index contributed by atoms with van der Waals surface area (Å²) in [5.74, 6) is -1.10. The fraction of sp³-hybridized carbons (Fsp3) is 0.429. The molecule has 0 saturated carbocycles. The molecule has 1 unspecified atom stereocenters. The van der Waals surface area contributed by atoms with E-state index in [0.717, 1.165) is 25.0 Å². The summed E-state index contributed by atoms with van der Waals surface area (Å²) in [5.41, 5.74) is 1.67. The Morgan fingerprint density at radius 3 is 2.69 bits per heavy atom. The van der Waals surface area contributed by atoms with Crippen LogP contribution >= 0.6 is 0 Å². The van der Waals surface area contributed by atoms with Crippen molar-refractivity contribution in [1.29, 1.82) is 0 Å². The molecule has 1 aromatic heterocycles. The van der Waals surface area contributed by atoms with E-state index in [4.69, 9.17) is 4.74 Å². The third-order valence-corrected chi connectivity index (χ3v) is 5.11. The summed E-state index contributed by atoms with van der Waals surface area (Å²) < 4.78 is 6.58. The van der Waals surface area contributed by atoms with Crippen molar-refractivity contribution in [2.75, 3.05) is 12.4 Å². The quantitative estimate of drug-likeness (QED) is 0.729. The number of ether oxygens (including phenoxy) is 1. The molecule has 1 aromatic carbocycles. The van der Waals surface area contributed by atoms with Crippen LogP contribution in [0.2, 0.25) is 0 Å². The number of anilines is 1. The van der Waals surface area contributed by atoms with Gasteiger partial charge in [0.15, 0.2) is 5.82 Å². The van der Waals surface area contributed by atoms with Crippen LogP contribution in [-0.4, -0.2) is 40.5 Å². The Hall–Kier alpha value is -3.16. The first kappa shape index (κ1) is 20.6. The number of methoxy groups -OCH3 is 1. The summed E-state index contributed by atoms with van der Waals surface area (Å²) in [6, 6.07) is 6.63. The van der Waals surface area contributed by atoms with Gasteiger partial charge in [0.05, 0.1) is 24.1 Å². The van der Waals surface area contributed by atoms with E-state index in [1.165, 1.54) is 7.11 Å². The van der Waals surface area contributed by atoms with Gasteiger partial charge in [-0.25, -0.2) is 9.78 Å². The van der Waals surface area contributed by atoms with Crippen molar-refractivity contribution in [2.24, 2.45) is 0 Å². The lowest BCUT2D eigenvalue weighted by atomic mass is 10.1. The van der Waals surface area contributed by atoms with Crippen LogP contribution in [0.15, 0.2) is 24.3 Å². The van der Waals surface area contributed by atoms with Gasteiger partial charge in [-0.05, 0) is 44.7 Å². The molecular formula is C21H26N4O4. The molecule has 8 nitrogen and oxygen atoms in total. The Bertz CT molecular complexity index is 935. The molecule has 0 fully saturated rings. The van der Waals surface area contributed by atoms with E-state index in [1.54, 1.807) is 24.3 Å². The number of carbonyl (C=O) groups is 3. The molecule has 1 atom stereocenters. The van der Waals surface area contributed by atoms with E-state index >= 15 is 0 Å². The molecule has 0 radical (unpaired) electrons. The van der Waals surface area contributed by atoms with Gasteiger partial charge < -0.3 is 19.9 Å². The van der Waals surface area contributed by atoms with E-state index in [1.807, 2.05) is 18.4 Å². The molecule has 1 aliphatic rings. The summed E-state index contributed by atoms with van der Waals surface area (Å²) in [4.78, 5) is 42.0. The second kappa shape index (κ2) is 8.89. The lowest BCUT2D eigenvalue weighted by molar-refractivity contribution is 0.0601. The van der Waals surface area contributed by atoms with Gasteiger partial charge in [0.25, 0.3) is 11.8 Å². The van der Waals surface area contributed by atoms with Crippen molar-refractivity contribution >= 4 is 23.5 Å². The summed E-state index contributed by atoms with van der Waals surface area (Å²) >= 11 is 0. The van der Waals surface area contributed by atoms with Crippen LogP contribution in [0.4, 0.5) is 5.69 Å². The number of rotatable bonds is 6. The first-order chi connectivity index (χ1) is 14.0. The van der Waals surface area contributed by atoms with Gasteiger partial charge in [0, 0.05) is 12.6 Å². The number of nitrogens with one attached hydrogen (secondary N) is 2. The van der Waals surface area contributed by atoms with Crippen molar-refractivity contribution in [3.05, 3.63) is 47.0 Å². The van der Waals surface area contributed by atoms with Crippen LogP contribution < -0.4 is 10.6 Å². The van der Waals surface area contributed by atoms with Gasteiger partial charge >= 0.3 is 5.97 Å². The maximum atomic E-state index is 13.0. The average Bonchev–Trinajstić information content (AvgIpc) is 3.13. The number of benzene rings is 1. The van der Waals surface area contributed by atoms with E-state index in [2.05, 4.69) is 15.6 Å². The van der Waals surface area contributed by atoms with Crippen molar-refractivity contribution in [3.8, 4) is 0 Å². The summed E-state index contributed by atoms with van der Waals surface area (Å²) in [6.45, 7) is 4.54. The predicted molar refractivity (Wildman–Crippen MR) is 108 cm³/mol. The maximum Gasteiger partial charge on any atom is 0.339 e. The van der Waals surface area contributed by atoms with Crippen LogP contribution in [0.3, 0.4) is 0 Å². The van der Waals surface area contributed by atoms with E-state index < -0.39 is 11.9 Å².